The number of hydrogen-bond acceptors (Lipinski definition) is 3. The fourth-order valence-electron chi connectivity index (χ4n) is 1.54. The minimum atomic E-state index is -4.58. The molecule has 0 aliphatic rings. The summed E-state index contributed by atoms with van der Waals surface area (Å²) in [5.41, 5.74) is -0.698. The van der Waals surface area contributed by atoms with Crippen molar-refractivity contribution in [3.05, 3.63) is 40.0 Å². The molecule has 1 N–H and O–H groups in total. The van der Waals surface area contributed by atoms with Crippen LogP contribution in [-0.2, 0) is 6.18 Å². The van der Waals surface area contributed by atoms with E-state index in [4.69, 9.17) is 23.2 Å². The average molecular weight is 322 g/mol. The van der Waals surface area contributed by atoms with Crippen LogP contribution in [0.5, 0.6) is 0 Å². The van der Waals surface area contributed by atoms with Crippen LogP contribution in [0.1, 0.15) is 5.69 Å². The maximum atomic E-state index is 12.8. The maximum Gasteiger partial charge on any atom is 0.433 e. The highest BCUT2D eigenvalue weighted by atomic mass is 35.5. The zero-order valence-electron chi connectivity index (χ0n) is 10.1. The Kier molecular flexibility index (Phi) is 4.06. The summed E-state index contributed by atoms with van der Waals surface area (Å²) < 4.78 is 38.4. The molecule has 0 atom stereocenters. The Hall–Kier alpha value is -1.53. The van der Waals surface area contributed by atoms with Crippen LogP contribution in [0.4, 0.5) is 19.1 Å². The molecule has 0 aliphatic heterocycles. The van der Waals surface area contributed by atoms with Crippen molar-refractivity contribution in [2.45, 2.75) is 6.18 Å². The molecule has 1 heterocycles. The summed E-state index contributed by atoms with van der Waals surface area (Å²) in [6.45, 7) is 0. The van der Waals surface area contributed by atoms with Gasteiger partial charge in [0, 0.05) is 17.6 Å². The highest BCUT2D eigenvalue weighted by Gasteiger charge is 2.33. The molecule has 0 aliphatic carbocycles. The molecule has 0 spiro atoms. The third-order valence-corrected chi connectivity index (χ3v) is 3.01. The normalized spacial score (nSPS) is 11.5. The molecule has 3 nitrogen and oxygen atoms in total. The van der Waals surface area contributed by atoms with Crippen molar-refractivity contribution in [1.82, 2.24) is 9.97 Å². The predicted molar refractivity (Wildman–Crippen MR) is 72.0 cm³/mol. The molecule has 8 heteroatoms. The van der Waals surface area contributed by atoms with E-state index in [0.717, 1.165) is 6.07 Å². The molecule has 0 saturated carbocycles. The summed E-state index contributed by atoms with van der Waals surface area (Å²) >= 11 is 11.8. The highest BCUT2D eigenvalue weighted by molar-refractivity contribution is 6.35. The summed E-state index contributed by atoms with van der Waals surface area (Å²) in [5, 5.41) is 3.09. The minimum Gasteiger partial charge on any atom is -0.357 e. The number of rotatable bonds is 2. The smallest absolute Gasteiger partial charge is 0.357 e. The van der Waals surface area contributed by atoms with Gasteiger partial charge < -0.3 is 5.32 Å². The second kappa shape index (κ2) is 5.46. The summed E-state index contributed by atoms with van der Waals surface area (Å²) in [6, 6.07) is 5.32. The first-order valence-electron chi connectivity index (χ1n) is 5.40. The monoisotopic (exact) mass is 321 g/mol. The van der Waals surface area contributed by atoms with Gasteiger partial charge in [0.1, 0.15) is 0 Å². The van der Waals surface area contributed by atoms with Crippen LogP contribution in [0.25, 0.3) is 11.3 Å². The minimum absolute atomic E-state index is 0.0455. The van der Waals surface area contributed by atoms with Crippen molar-refractivity contribution in [3.63, 3.8) is 0 Å². The number of hydrogen-bond donors (Lipinski definition) is 1. The standard InChI is InChI=1S/C12H8Cl2F3N3/c1-18-11-19-9(5-10(20-11)12(15,16)17)7-4-6(13)2-3-8(7)14/h2-5H,1H3,(H,18,19,20). The number of halogens is 5. The molecule has 0 bridgehead atoms. The first-order valence-corrected chi connectivity index (χ1v) is 6.16. The van der Waals surface area contributed by atoms with E-state index < -0.39 is 11.9 Å². The van der Waals surface area contributed by atoms with E-state index >= 15 is 0 Å². The van der Waals surface area contributed by atoms with Gasteiger partial charge in [0.05, 0.1) is 10.7 Å². The summed E-state index contributed by atoms with van der Waals surface area (Å²) in [5.74, 6) is -0.147. The molecule has 0 fully saturated rings. The van der Waals surface area contributed by atoms with Crippen LogP contribution >= 0.6 is 23.2 Å². The van der Waals surface area contributed by atoms with Crippen LogP contribution in [0.2, 0.25) is 10.0 Å². The lowest BCUT2D eigenvalue weighted by Crippen LogP contribution is -2.11. The molecule has 1 aromatic heterocycles. The van der Waals surface area contributed by atoms with Gasteiger partial charge in [-0.25, -0.2) is 9.97 Å². The van der Waals surface area contributed by atoms with Crippen molar-refractivity contribution in [3.8, 4) is 11.3 Å². The van der Waals surface area contributed by atoms with Gasteiger partial charge in [-0.15, -0.1) is 0 Å². The molecule has 1 aromatic carbocycles. The van der Waals surface area contributed by atoms with Crippen molar-refractivity contribution in [1.29, 1.82) is 0 Å². The van der Waals surface area contributed by atoms with Crippen molar-refractivity contribution in [2.24, 2.45) is 0 Å². The van der Waals surface area contributed by atoms with Crippen molar-refractivity contribution < 1.29 is 13.2 Å². The molecule has 2 aromatic rings. The van der Waals surface area contributed by atoms with E-state index in [0.29, 0.717) is 10.6 Å². The molecule has 0 saturated heterocycles. The van der Waals surface area contributed by atoms with Crippen LogP contribution < -0.4 is 5.32 Å². The van der Waals surface area contributed by atoms with E-state index in [1.54, 1.807) is 0 Å². The molecule has 106 valence electrons. The Balaban J connectivity index is 2.64. The van der Waals surface area contributed by atoms with Crippen LogP contribution in [-0.4, -0.2) is 17.0 Å². The molecule has 0 unspecified atom stereocenters. The van der Waals surface area contributed by atoms with Gasteiger partial charge >= 0.3 is 6.18 Å². The van der Waals surface area contributed by atoms with Gasteiger partial charge in [-0.3, -0.25) is 0 Å². The maximum absolute atomic E-state index is 12.8. The number of nitrogens with one attached hydrogen (secondary N) is 1. The first kappa shape index (κ1) is 14.9. The van der Waals surface area contributed by atoms with Crippen molar-refractivity contribution >= 4 is 29.2 Å². The molecule has 2 rings (SSSR count). The van der Waals surface area contributed by atoms with Gasteiger partial charge in [-0.2, -0.15) is 13.2 Å². The number of aromatic nitrogens is 2. The molecular weight excluding hydrogens is 314 g/mol. The molecule has 20 heavy (non-hydrogen) atoms. The highest BCUT2D eigenvalue weighted by Crippen LogP contribution is 2.34. The van der Waals surface area contributed by atoms with Gasteiger partial charge in [0.25, 0.3) is 0 Å². The number of benzene rings is 1. The molecule has 0 amide bonds. The first-order chi connectivity index (χ1) is 9.31. The Morgan fingerprint density at radius 1 is 1.10 bits per heavy atom. The zero-order valence-corrected chi connectivity index (χ0v) is 11.6. The zero-order chi connectivity index (χ0) is 14.9. The van der Waals surface area contributed by atoms with Gasteiger partial charge in [0.15, 0.2) is 5.69 Å². The van der Waals surface area contributed by atoms with Gasteiger partial charge in [0.2, 0.25) is 5.95 Å². The molecular formula is C12H8Cl2F3N3. The summed E-state index contributed by atoms with van der Waals surface area (Å²) in [7, 11) is 1.43. The Bertz CT molecular complexity index is 644. The average Bonchev–Trinajstić information content (AvgIpc) is 2.40. The lowest BCUT2D eigenvalue weighted by atomic mass is 10.1. The van der Waals surface area contributed by atoms with E-state index in [-0.39, 0.29) is 16.7 Å². The Morgan fingerprint density at radius 2 is 1.80 bits per heavy atom. The second-order valence-electron chi connectivity index (χ2n) is 3.83. The van der Waals surface area contributed by atoms with Crippen molar-refractivity contribution in [2.75, 3.05) is 12.4 Å². The third kappa shape index (κ3) is 3.13. The van der Waals surface area contributed by atoms with E-state index in [1.165, 1.54) is 25.2 Å². The largest absolute Gasteiger partial charge is 0.433 e. The number of nitrogens with zero attached hydrogens (tertiary/aromatic N) is 2. The Labute approximate surface area is 122 Å². The van der Waals surface area contributed by atoms with Crippen LogP contribution in [0, 0.1) is 0 Å². The summed E-state index contributed by atoms with van der Waals surface area (Å²) in [6.07, 6.45) is -4.58. The quantitative estimate of drug-likeness (QED) is 0.884. The summed E-state index contributed by atoms with van der Waals surface area (Å²) in [4.78, 5) is 7.35. The Morgan fingerprint density at radius 3 is 2.40 bits per heavy atom. The van der Waals surface area contributed by atoms with Crippen LogP contribution in [0.3, 0.4) is 0 Å². The SMILES string of the molecule is CNc1nc(-c2cc(Cl)ccc2Cl)cc(C(F)(F)F)n1. The van der Waals surface area contributed by atoms with E-state index in [9.17, 15) is 13.2 Å². The third-order valence-electron chi connectivity index (χ3n) is 2.44. The lowest BCUT2D eigenvalue weighted by molar-refractivity contribution is -0.141. The van der Waals surface area contributed by atoms with Crippen LogP contribution in [0.15, 0.2) is 24.3 Å². The topological polar surface area (TPSA) is 37.8 Å². The van der Waals surface area contributed by atoms with Gasteiger partial charge in [-0.05, 0) is 24.3 Å². The number of anilines is 1. The number of alkyl halides is 3. The predicted octanol–water partition coefficient (Wildman–Crippen LogP) is 4.51. The van der Waals surface area contributed by atoms with E-state index in [1.807, 2.05) is 0 Å². The van der Waals surface area contributed by atoms with E-state index in [2.05, 4.69) is 15.3 Å². The fraction of sp³-hybridized carbons (Fsp3) is 0.167. The fourth-order valence-corrected chi connectivity index (χ4v) is 1.92. The van der Waals surface area contributed by atoms with Gasteiger partial charge in [-0.1, -0.05) is 23.2 Å². The second-order valence-corrected chi connectivity index (χ2v) is 4.68. The molecule has 0 radical (unpaired) electrons. The lowest BCUT2D eigenvalue weighted by Gasteiger charge is -2.11.